The summed E-state index contributed by atoms with van der Waals surface area (Å²) >= 11 is 0. The molecule has 0 atom stereocenters. The van der Waals surface area contributed by atoms with Crippen molar-refractivity contribution in [3.63, 3.8) is 0 Å². The normalized spacial score (nSPS) is 11.5. The fourth-order valence-corrected chi connectivity index (χ4v) is 3.73. The van der Waals surface area contributed by atoms with Crippen LogP contribution in [0.3, 0.4) is 0 Å². The topological polar surface area (TPSA) is 85.2 Å². The average molecular weight is 462 g/mol. The van der Waals surface area contributed by atoms with Crippen molar-refractivity contribution in [2.45, 2.75) is 51.5 Å². The van der Waals surface area contributed by atoms with E-state index in [1.54, 1.807) is 11.6 Å². The first-order valence-electron chi connectivity index (χ1n) is 11.1. The van der Waals surface area contributed by atoms with E-state index in [-0.39, 0.29) is 6.42 Å². The zero-order valence-electron chi connectivity index (χ0n) is 18.9. The molecule has 2 heterocycles. The van der Waals surface area contributed by atoms with Crippen molar-refractivity contribution in [2.24, 2.45) is 0 Å². The molecule has 4 rings (SSSR count). The van der Waals surface area contributed by atoms with Crippen molar-refractivity contribution in [2.75, 3.05) is 0 Å². The molecule has 174 valence electrons. The predicted molar refractivity (Wildman–Crippen MR) is 124 cm³/mol. The van der Waals surface area contributed by atoms with Crippen LogP contribution < -0.4 is 0 Å². The van der Waals surface area contributed by atoms with Crippen LogP contribution in [-0.4, -0.2) is 35.4 Å². The molecule has 0 fully saturated rings. The standard InChI is InChI=1S/C25H25F2N7/c1-3-5-9-22-28-24(25(26,27)14-4-2)31-34(22)17-19-12-10-18(11-13-19)15-20-7-6-8-21(16-20)23-29-32-33-30-23/h1,6-8,10-13,16H,4-5,9,14-15,17H2,2H3,(H,29,30,32,33). The van der Waals surface area contributed by atoms with Gasteiger partial charge < -0.3 is 0 Å². The third-order valence-corrected chi connectivity index (χ3v) is 5.44. The first-order valence-corrected chi connectivity index (χ1v) is 11.1. The molecule has 0 unspecified atom stereocenters. The van der Waals surface area contributed by atoms with Crippen LogP contribution in [0.4, 0.5) is 8.78 Å². The first-order chi connectivity index (χ1) is 16.5. The molecule has 34 heavy (non-hydrogen) atoms. The molecule has 0 aliphatic rings. The van der Waals surface area contributed by atoms with Crippen LogP contribution in [0, 0.1) is 12.3 Å². The van der Waals surface area contributed by atoms with Crippen molar-refractivity contribution in [3.8, 4) is 23.7 Å². The molecule has 0 bridgehead atoms. The van der Waals surface area contributed by atoms with Gasteiger partial charge in [-0.1, -0.05) is 49.4 Å². The number of aryl methyl sites for hydroxylation is 1. The Morgan fingerprint density at radius 2 is 1.88 bits per heavy atom. The van der Waals surface area contributed by atoms with Crippen LogP contribution in [-0.2, 0) is 25.3 Å². The van der Waals surface area contributed by atoms with Gasteiger partial charge in [-0.05, 0) is 46.0 Å². The Bertz CT molecular complexity index is 1260. The van der Waals surface area contributed by atoms with Crippen molar-refractivity contribution >= 4 is 0 Å². The summed E-state index contributed by atoms with van der Waals surface area (Å²) in [6, 6.07) is 16.0. The number of aromatic amines is 1. The highest BCUT2D eigenvalue weighted by atomic mass is 19.3. The Balaban J connectivity index is 1.49. The number of rotatable bonds is 10. The van der Waals surface area contributed by atoms with Crippen LogP contribution in [0.2, 0.25) is 0 Å². The third-order valence-electron chi connectivity index (χ3n) is 5.44. The Kier molecular flexibility index (Phi) is 7.07. The average Bonchev–Trinajstić information content (AvgIpc) is 3.50. The van der Waals surface area contributed by atoms with E-state index < -0.39 is 11.7 Å². The van der Waals surface area contributed by atoms with Crippen LogP contribution in [0.25, 0.3) is 11.4 Å². The monoisotopic (exact) mass is 461 g/mol. The van der Waals surface area contributed by atoms with Crippen LogP contribution >= 0.6 is 0 Å². The lowest BCUT2D eigenvalue weighted by Crippen LogP contribution is -2.15. The van der Waals surface area contributed by atoms with E-state index >= 15 is 0 Å². The van der Waals surface area contributed by atoms with E-state index in [0.29, 0.717) is 37.5 Å². The molecule has 4 aromatic rings. The molecular weight excluding hydrogens is 436 g/mol. The minimum Gasteiger partial charge on any atom is -0.245 e. The Hall–Kier alpha value is -3.93. The van der Waals surface area contributed by atoms with Crippen LogP contribution in [0.5, 0.6) is 0 Å². The summed E-state index contributed by atoms with van der Waals surface area (Å²) in [6.07, 6.45) is 6.99. The van der Waals surface area contributed by atoms with Gasteiger partial charge in [-0.2, -0.15) is 8.78 Å². The molecule has 7 nitrogen and oxygen atoms in total. The number of benzene rings is 2. The Morgan fingerprint density at radius 1 is 1.09 bits per heavy atom. The summed E-state index contributed by atoms with van der Waals surface area (Å²) in [5.41, 5.74) is 4.11. The molecule has 1 N–H and O–H groups in total. The van der Waals surface area contributed by atoms with Crippen molar-refractivity contribution in [3.05, 3.63) is 76.9 Å². The highest BCUT2D eigenvalue weighted by Gasteiger charge is 2.36. The van der Waals surface area contributed by atoms with E-state index in [1.807, 2.05) is 48.5 Å². The second kappa shape index (κ2) is 10.3. The summed E-state index contributed by atoms with van der Waals surface area (Å²) in [5.74, 6) is 0.159. The number of terminal acetylenes is 1. The SMILES string of the molecule is C#CCCc1nc(C(F)(F)CCC)nn1Cc1ccc(Cc2cccc(-c3nnn[nH]3)c2)cc1. The van der Waals surface area contributed by atoms with Crippen molar-refractivity contribution in [1.82, 2.24) is 35.4 Å². The van der Waals surface area contributed by atoms with E-state index in [2.05, 4.69) is 36.6 Å². The number of tetrazole rings is 1. The third kappa shape index (κ3) is 5.52. The Labute approximate surface area is 196 Å². The number of hydrogen-bond donors (Lipinski definition) is 1. The number of nitrogens with one attached hydrogen (secondary N) is 1. The van der Waals surface area contributed by atoms with Crippen LogP contribution in [0.15, 0.2) is 48.5 Å². The lowest BCUT2D eigenvalue weighted by molar-refractivity contribution is -0.0232. The molecule has 0 amide bonds. The Morgan fingerprint density at radius 3 is 2.59 bits per heavy atom. The summed E-state index contributed by atoms with van der Waals surface area (Å²) in [5, 5.41) is 18.1. The lowest BCUT2D eigenvalue weighted by atomic mass is 10.0. The molecule has 0 saturated heterocycles. The van der Waals surface area contributed by atoms with Crippen molar-refractivity contribution in [1.29, 1.82) is 0 Å². The predicted octanol–water partition coefficient (Wildman–Crippen LogP) is 4.56. The van der Waals surface area contributed by atoms with Gasteiger partial charge in [0.2, 0.25) is 5.82 Å². The second-order valence-corrected chi connectivity index (χ2v) is 8.11. The summed E-state index contributed by atoms with van der Waals surface area (Å²) in [6.45, 7) is 2.07. The fourth-order valence-electron chi connectivity index (χ4n) is 3.73. The van der Waals surface area contributed by atoms with Gasteiger partial charge >= 0.3 is 5.92 Å². The fraction of sp³-hybridized carbons (Fsp3) is 0.320. The largest absolute Gasteiger partial charge is 0.308 e. The molecule has 2 aromatic heterocycles. The van der Waals surface area contributed by atoms with Gasteiger partial charge in [0.15, 0.2) is 5.82 Å². The number of halogens is 2. The summed E-state index contributed by atoms with van der Waals surface area (Å²) < 4.78 is 30.3. The van der Waals surface area contributed by atoms with Gasteiger partial charge in [0.1, 0.15) is 5.82 Å². The number of alkyl halides is 2. The molecule has 0 spiro atoms. The zero-order valence-corrected chi connectivity index (χ0v) is 18.9. The van der Waals surface area contributed by atoms with Gasteiger partial charge in [-0.3, -0.25) is 0 Å². The highest BCUT2D eigenvalue weighted by molar-refractivity contribution is 5.55. The van der Waals surface area contributed by atoms with Gasteiger partial charge in [-0.25, -0.2) is 14.8 Å². The number of nitrogens with zero attached hydrogens (tertiary/aromatic N) is 6. The summed E-state index contributed by atoms with van der Waals surface area (Å²) in [4.78, 5) is 4.13. The van der Waals surface area contributed by atoms with Crippen LogP contribution in [0.1, 0.15) is 54.5 Å². The molecular formula is C25H25F2N7. The molecule has 9 heteroatoms. The maximum Gasteiger partial charge on any atom is 0.308 e. The molecule has 0 aliphatic carbocycles. The van der Waals surface area contributed by atoms with Gasteiger partial charge in [-0.15, -0.1) is 22.5 Å². The minimum absolute atomic E-state index is 0.283. The number of aromatic nitrogens is 7. The quantitative estimate of drug-likeness (QED) is 0.350. The van der Waals surface area contributed by atoms with Gasteiger partial charge in [0.25, 0.3) is 0 Å². The van der Waals surface area contributed by atoms with E-state index in [4.69, 9.17) is 6.42 Å². The van der Waals surface area contributed by atoms with Gasteiger partial charge in [0.05, 0.1) is 6.54 Å². The van der Waals surface area contributed by atoms with E-state index in [9.17, 15) is 8.78 Å². The highest BCUT2D eigenvalue weighted by Crippen LogP contribution is 2.30. The zero-order chi connectivity index (χ0) is 24.0. The van der Waals surface area contributed by atoms with Gasteiger partial charge in [0, 0.05) is 24.8 Å². The van der Waals surface area contributed by atoms with E-state index in [0.717, 1.165) is 28.7 Å². The number of hydrogen-bond acceptors (Lipinski definition) is 5. The molecule has 0 aliphatic heterocycles. The van der Waals surface area contributed by atoms with E-state index in [1.165, 1.54) is 0 Å². The molecule has 0 radical (unpaired) electrons. The summed E-state index contributed by atoms with van der Waals surface area (Å²) in [7, 11) is 0. The maximum atomic E-state index is 14.4. The second-order valence-electron chi connectivity index (χ2n) is 8.11. The molecule has 2 aromatic carbocycles. The molecule has 0 saturated carbocycles. The minimum atomic E-state index is -3.05. The first kappa shape index (κ1) is 23.2. The maximum absolute atomic E-state index is 14.4. The van der Waals surface area contributed by atoms with Crippen molar-refractivity contribution < 1.29 is 8.78 Å². The number of H-pyrrole nitrogens is 1. The lowest BCUT2D eigenvalue weighted by Gasteiger charge is -2.10. The smallest absolute Gasteiger partial charge is 0.245 e.